The largest absolute Gasteiger partial charge is 0.398 e. The molecule has 0 bridgehead atoms. The van der Waals surface area contributed by atoms with Crippen molar-refractivity contribution in [1.29, 1.82) is 0 Å². The molecule has 1 aromatic carbocycles. The van der Waals surface area contributed by atoms with E-state index in [0.29, 0.717) is 11.6 Å². The van der Waals surface area contributed by atoms with Crippen molar-refractivity contribution in [2.75, 3.05) is 12.3 Å². The summed E-state index contributed by atoms with van der Waals surface area (Å²) in [7, 11) is -3.68. The summed E-state index contributed by atoms with van der Waals surface area (Å²) in [6.07, 6.45) is 2.76. The number of benzene rings is 1. The molecule has 0 aliphatic carbocycles. The fourth-order valence-electron chi connectivity index (χ4n) is 1.52. The van der Waals surface area contributed by atoms with E-state index in [1.165, 1.54) is 12.1 Å². The van der Waals surface area contributed by atoms with Crippen LogP contribution in [-0.4, -0.2) is 15.0 Å². The Balaban J connectivity index is 2.92. The maximum Gasteiger partial charge on any atom is 0.244 e. The first kappa shape index (κ1) is 15.6. The molecule has 102 valence electrons. The molecular formula is C11H16Cl2N2O2S. The Bertz CT molecular complexity index is 495. The summed E-state index contributed by atoms with van der Waals surface area (Å²) in [6.45, 7) is 2.41. The van der Waals surface area contributed by atoms with Crippen molar-refractivity contribution < 1.29 is 8.42 Å². The SMILES string of the molecule is CCCCCNS(=O)(=O)c1c(N)cc(Cl)cc1Cl. The van der Waals surface area contributed by atoms with Gasteiger partial charge in [0.05, 0.1) is 10.7 Å². The first-order valence-electron chi connectivity index (χ1n) is 5.62. The average molecular weight is 311 g/mol. The maximum atomic E-state index is 12.0. The molecule has 1 aromatic rings. The summed E-state index contributed by atoms with van der Waals surface area (Å²) in [5.74, 6) is 0. The van der Waals surface area contributed by atoms with Crippen LogP contribution in [0.15, 0.2) is 17.0 Å². The van der Waals surface area contributed by atoms with Crippen LogP contribution in [0, 0.1) is 0 Å². The zero-order valence-corrected chi connectivity index (χ0v) is 12.4. The summed E-state index contributed by atoms with van der Waals surface area (Å²) in [6, 6.07) is 2.73. The number of hydrogen-bond donors (Lipinski definition) is 2. The Kier molecular flexibility index (Phi) is 5.72. The van der Waals surface area contributed by atoms with Gasteiger partial charge in [-0.3, -0.25) is 0 Å². The number of nitrogen functional groups attached to an aromatic ring is 1. The Morgan fingerprint density at radius 2 is 1.94 bits per heavy atom. The second kappa shape index (κ2) is 6.61. The summed E-state index contributed by atoms with van der Waals surface area (Å²) < 4.78 is 26.5. The molecule has 0 aliphatic rings. The lowest BCUT2D eigenvalue weighted by atomic mass is 10.3. The minimum absolute atomic E-state index is 0.0305. The first-order valence-corrected chi connectivity index (χ1v) is 7.86. The summed E-state index contributed by atoms with van der Waals surface area (Å²) >= 11 is 11.6. The quantitative estimate of drug-likeness (QED) is 0.626. The highest BCUT2D eigenvalue weighted by Crippen LogP contribution is 2.30. The molecule has 0 radical (unpaired) electrons. The van der Waals surface area contributed by atoms with Crippen molar-refractivity contribution in [3.8, 4) is 0 Å². The van der Waals surface area contributed by atoms with E-state index in [-0.39, 0.29) is 15.6 Å². The van der Waals surface area contributed by atoms with E-state index < -0.39 is 10.0 Å². The predicted octanol–water partition coefficient (Wildman–Crippen LogP) is 3.04. The van der Waals surface area contributed by atoms with Gasteiger partial charge in [-0.2, -0.15) is 0 Å². The highest BCUT2D eigenvalue weighted by Gasteiger charge is 2.21. The number of nitrogens with one attached hydrogen (secondary N) is 1. The molecule has 0 fully saturated rings. The Morgan fingerprint density at radius 3 is 2.50 bits per heavy atom. The van der Waals surface area contributed by atoms with E-state index >= 15 is 0 Å². The molecule has 0 aromatic heterocycles. The van der Waals surface area contributed by atoms with Gasteiger partial charge in [0, 0.05) is 11.6 Å². The third-order valence-corrected chi connectivity index (χ3v) is 4.58. The lowest BCUT2D eigenvalue weighted by Crippen LogP contribution is -2.26. The van der Waals surface area contributed by atoms with Gasteiger partial charge in [0.1, 0.15) is 4.90 Å². The van der Waals surface area contributed by atoms with Crippen molar-refractivity contribution in [3.63, 3.8) is 0 Å². The van der Waals surface area contributed by atoms with Gasteiger partial charge in [-0.05, 0) is 18.6 Å². The van der Waals surface area contributed by atoms with Gasteiger partial charge in [-0.15, -0.1) is 0 Å². The Labute approximate surface area is 118 Å². The van der Waals surface area contributed by atoms with Crippen molar-refractivity contribution in [2.45, 2.75) is 31.1 Å². The highest BCUT2D eigenvalue weighted by molar-refractivity contribution is 7.89. The van der Waals surface area contributed by atoms with Gasteiger partial charge in [-0.25, -0.2) is 13.1 Å². The van der Waals surface area contributed by atoms with Crippen LogP contribution in [0.2, 0.25) is 10.0 Å². The summed E-state index contributed by atoms with van der Waals surface area (Å²) in [5.41, 5.74) is 5.70. The van der Waals surface area contributed by atoms with Crippen LogP contribution < -0.4 is 10.5 Å². The molecule has 0 amide bonds. The Hall–Kier alpha value is -0.490. The molecule has 0 aliphatic heterocycles. The minimum atomic E-state index is -3.68. The van der Waals surface area contributed by atoms with Gasteiger partial charge in [0.2, 0.25) is 10.0 Å². The van der Waals surface area contributed by atoms with Crippen LogP contribution in [0.1, 0.15) is 26.2 Å². The van der Waals surface area contributed by atoms with Crippen LogP contribution >= 0.6 is 23.2 Å². The molecular weight excluding hydrogens is 295 g/mol. The maximum absolute atomic E-state index is 12.0. The van der Waals surface area contributed by atoms with Crippen LogP contribution in [0.3, 0.4) is 0 Å². The lowest BCUT2D eigenvalue weighted by Gasteiger charge is -2.11. The average Bonchev–Trinajstić information content (AvgIpc) is 2.22. The summed E-state index contributed by atoms with van der Waals surface area (Å²) in [5, 5.41) is 0.338. The number of halogens is 2. The normalized spacial score (nSPS) is 11.7. The molecule has 0 unspecified atom stereocenters. The first-order chi connectivity index (χ1) is 8.38. The van der Waals surface area contributed by atoms with E-state index in [4.69, 9.17) is 28.9 Å². The minimum Gasteiger partial charge on any atom is -0.398 e. The zero-order chi connectivity index (χ0) is 13.8. The van der Waals surface area contributed by atoms with E-state index in [1.54, 1.807) is 0 Å². The topological polar surface area (TPSA) is 72.2 Å². The third-order valence-electron chi connectivity index (χ3n) is 2.38. The predicted molar refractivity (Wildman–Crippen MR) is 75.6 cm³/mol. The molecule has 4 nitrogen and oxygen atoms in total. The second-order valence-electron chi connectivity index (χ2n) is 3.91. The number of sulfonamides is 1. The van der Waals surface area contributed by atoms with Crippen molar-refractivity contribution in [3.05, 3.63) is 22.2 Å². The van der Waals surface area contributed by atoms with Gasteiger partial charge >= 0.3 is 0 Å². The molecule has 3 N–H and O–H groups in total. The number of hydrogen-bond acceptors (Lipinski definition) is 3. The van der Waals surface area contributed by atoms with Crippen molar-refractivity contribution in [2.24, 2.45) is 0 Å². The summed E-state index contributed by atoms with van der Waals surface area (Å²) in [4.78, 5) is -0.106. The van der Waals surface area contributed by atoms with Crippen molar-refractivity contribution >= 4 is 38.9 Å². The van der Waals surface area contributed by atoms with Crippen LogP contribution in [0.4, 0.5) is 5.69 Å². The van der Waals surface area contributed by atoms with E-state index in [9.17, 15) is 8.42 Å². The molecule has 0 spiro atoms. The standard InChI is InChI=1S/C11H16Cl2N2O2S/c1-2-3-4-5-15-18(16,17)11-9(13)6-8(12)7-10(11)14/h6-7,15H,2-5,14H2,1H3. The zero-order valence-electron chi connectivity index (χ0n) is 10.0. The number of rotatable bonds is 6. The Morgan fingerprint density at radius 1 is 1.28 bits per heavy atom. The van der Waals surface area contributed by atoms with Gasteiger partial charge < -0.3 is 5.73 Å². The van der Waals surface area contributed by atoms with Crippen LogP contribution in [0.25, 0.3) is 0 Å². The molecule has 0 saturated carbocycles. The van der Waals surface area contributed by atoms with Gasteiger partial charge in [0.25, 0.3) is 0 Å². The molecule has 0 heterocycles. The molecule has 1 rings (SSSR count). The van der Waals surface area contributed by atoms with Crippen LogP contribution in [0.5, 0.6) is 0 Å². The van der Waals surface area contributed by atoms with Crippen molar-refractivity contribution in [1.82, 2.24) is 4.72 Å². The van der Waals surface area contributed by atoms with E-state index in [1.807, 2.05) is 6.92 Å². The number of unbranched alkanes of at least 4 members (excludes halogenated alkanes) is 2. The third kappa shape index (κ3) is 4.02. The fraction of sp³-hybridized carbons (Fsp3) is 0.455. The lowest BCUT2D eigenvalue weighted by molar-refractivity contribution is 0.576. The molecule has 7 heteroatoms. The molecule has 0 atom stereocenters. The second-order valence-corrected chi connectivity index (χ2v) is 6.46. The van der Waals surface area contributed by atoms with Crippen LogP contribution in [-0.2, 0) is 10.0 Å². The van der Waals surface area contributed by atoms with E-state index in [0.717, 1.165) is 19.3 Å². The number of nitrogens with two attached hydrogens (primary N) is 1. The molecule has 18 heavy (non-hydrogen) atoms. The molecule has 0 saturated heterocycles. The van der Waals surface area contributed by atoms with Gasteiger partial charge in [0.15, 0.2) is 0 Å². The smallest absolute Gasteiger partial charge is 0.244 e. The van der Waals surface area contributed by atoms with E-state index in [2.05, 4.69) is 4.72 Å². The fourth-order valence-corrected chi connectivity index (χ4v) is 3.57. The van der Waals surface area contributed by atoms with Gasteiger partial charge in [-0.1, -0.05) is 43.0 Å². The monoisotopic (exact) mass is 310 g/mol. The number of anilines is 1. The highest BCUT2D eigenvalue weighted by atomic mass is 35.5.